The third kappa shape index (κ3) is 5.34. The highest BCUT2D eigenvalue weighted by Crippen LogP contribution is 2.38. The number of aromatic nitrogens is 2. The van der Waals surface area contributed by atoms with Crippen LogP contribution in [-0.2, 0) is 21.0 Å². The second kappa shape index (κ2) is 9.49. The zero-order valence-electron chi connectivity index (χ0n) is 19.0. The Kier molecular flexibility index (Phi) is 6.68. The summed E-state index contributed by atoms with van der Waals surface area (Å²) in [4.78, 5) is 4.65. The molecule has 2 aliphatic rings. The SMILES string of the molecule is CC(C)OC1=CCC(c2nc(-c3cccc4c3CCC4NCCS(C)(=O)=O)no2)C=C1C#N. The Labute approximate surface area is 194 Å². The fourth-order valence-electron chi connectivity index (χ4n) is 4.31. The number of nitriles is 1. The number of benzene rings is 1. The van der Waals surface area contributed by atoms with E-state index in [2.05, 4.69) is 27.6 Å². The van der Waals surface area contributed by atoms with Crippen LogP contribution >= 0.6 is 0 Å². The number of ether oxygens (including phenoxy) is 1. The van der Waals surface area contributed by atoms with E-state index in [0.29, 0.717) is 36.0 Å². The van der Waals surface area contributed by atoms with E-state index in [-0.39, 0.29) is 23.8 Å². The fourth-order valence-corrected chi connectivity index (χ4v) is 4.80. The van der Waals surface area contributed by atoms with Gasteiger partial charge in [-0.2, -0.15) is 10.2 Å². The molecular formula is C24H28N4O4S. The number of hydrogen-bond donors (Lipinski definition) is 1. The van der Waals surface area contributed by atoms with Crippen molar-refractivity contribution in [2.24, 2.45) is 0 Å². The van der Waals surface area contributed by atoms with E-state index in [9.17, 15) is 13.7 Å². The maximum atomic E-state index is 11.4. The molecule has 4 rings (SSSR count). The largest absolute Gasteiger partial charge is 0.490 e. The quantitative estimate of drug-likeness (QED) is 0.624. The van der Waals surface area contributed by atoms with Gasteiger partial charge in [0.15, 0.2) is 0 Å². The minimum atomic E-state index is -3.00. The normalized spacial score (nSPS) is 20.2. The van der Waals surface area contributed by atoms with E-state index in [1.165, 1.54) is 6.26 Å². The van der Waals surface area contributed by atoms with Crippen LogP contribution in [0.4, 0.5) is 0 Å². The van der Waals surface area contributed by atoms with E-state index in [1.54, 1.807) is 0 Å². The molecule has 2 aromatic rings. The van der Waals surface area contributed by atoms with Crippen LogP contribution in [0.25, 0.3) is 11.4 Å². The van der Waals surface area contributed by atoms with Gasteiger partial charge in [-0.15, -0.1) is 0 Å². The standard InChI is InChI=1S/C24H28N4O4S/c1-15(2)31-22-10-7-16(13-17(22)14-25)24-27-23(28-32-24)20-6-4-5-19-18(20)8-9-21(19)26-11-12-33(3,29)30/h4-6,10,13,15-16,21,26H,7-9,11-12H2,1-3H3. The van der Waals surface area contributed by atoms with Crippen molar-refractivity contribution in [3.05, 3.63) is 58.7 Å². The molecule has 2 unspecified atom stereocenters. The Morgan fingerprint density at radius 2 is 2.18 bits per heavy atom. The topological polar surface area (TPSA) is 118 Å². The lowest BCUT2D eigenvalue weighted by atomic mass is 9.95. The van der Waals surface area contributed by atoms with Crippen LogP contribution in [-0.4, -0.2) is 43.2 Å². The highest BCUT2D eigenvalue weighted by Gasteiger charge is 2.28. The molecule has 2 aliphatic carbocycles. The average molecular weight is 469 g/mol. The first kappa shape index (κ1) is 23.2. The summed E-state index contributed by atoms with van der Waals surface area (Å²) in [6.07, 6.45) is 7.33. The van der Waals surface area contributed by atoms with Gasteiger partial charge >= 0.3 is 0 Å². The number of fused-ring (bicyclic) bond motifs is 1. The molecule has 0 bridgehead atoms. The van der Waals surface area contributed by atoms with Crippen LogP contribution in [0.15, 0.2) is 46.2 Å². The lowest BCUT2D eigenvalue weighted by Gasteiger charge is -2.18. The Bertz CT molecular complexity index is 1240. The first-order valence-electron chi connectivity index (χ1n) is 11.1. The molecule has 0 amide bonds. The van der Waals surface area contributed by atoms with Gasteiger partial charge in [-0.05, 0) is 50.3 Å². The number of nitrogens with zero attached hydrogens (tertiary/aromatic N) is 3. The van der Waals surface area contributed by atoms with Crippen molar-refractivity contribution in [3.8, 4) is 17.5 Å². The van der Waals surface area contributed by atoms with Crippen LogP contribution in [0.3, 0.4) is 0 Å². The monoisotopic (exact) mass is 468 g/mol. The molecule has 0 spiro atoms. The minimum absolute atomic E-state index is 0.00979. The van der Waals surface area contributed by atoms with Gasteiger partial charge in [0.2, 0.25) is 11.7 Å². The summed E-state index contributed by atoms with van der Waals surface area (Å²) in [6, 6.07) is 8.32. The number of allylic oxidation sites excluding steroid dienone is 3. The van der Waals surface area contributed by atoms with E-state index < -0.39 is 9.84 Å². The first-order chi connectivity index (χ1) is 15.7. The molecule has 0 saturated carbocycles. The third-order valence-electron chi connectivity index (χ3n) is 5.81. The van der Waals surface area contributed by atoms with Gasteiger partial charge in [-0.3, -0.25) is 0 Å². The molecule has 9 heteroatoms. The third-order valence-corrected chi connectivity index (χ3v) is 6.75. The molecule has 33 heavy (non-hydrogen) atoms. The Hall–Kier alpha value is -2.96. The summed E-state index contributed by atoms with van der Waals surface area (Å²) >= 11 is 0. The molecule has 1 aromatic heterocycles. The lowest BCUT2D eigenvalue weighted by molar-refractivity contribution is 0.153. The molecule has 0 aliphatic heterocycles. The van der Waals surface area contributed by atoms with Gasteiger partial charge in [0.05, 0.1) is 23.3 Å². The molecule has 1 aromatic carbocycles. The van der Waals surface area contributed by atoms with Crippen molar-refractivity contribution in [2.45, 2.75) is 51.2 Å². The summed E-state index contributed by atoms with van der Waals surface area (Å²) in [5.74, 6) is 1.53. The Morgan fingerprint density at radius 1 is 1.36 bits per heavy atom. The van der Waals surface area contributed by atoms with Crippen molar-refractivity contribution in [1.82, 2.24) is 15.5 Å². The lowest BCUT2D eigenvalue weighted by Crippen LogP contribution is -2.25. The molecule has 0 fully saturated rings. The molecule has 174 valence electrons. The summed E-state index contributed by atoms with van der Waals surface area (Å²) in [5, 5.41) is 17.1. The van der Waals surface area contributed by atoms with Crippen LogP contribution < -0.4 is 5.32 Å². The second-order valence-corrected chi connectivity index (χ2v) is 11.0. The van der Waals surface area contributed by atoms with Crippen molar-refractivity contribution in [2.75, 3.05) is 18.6 Å². The van der Waals surface area contributed by atoms with Crippen molar-refractivity contribution in [3.63, 3.8) is 0 Å². The molecule has 8 nitrogen and oxygen atoms in total. The molecular weight excluding hydrogens is 440 g/mol. The highest BCUT2D eigenvalue weighted by atomic mass is 32.2. The zero-order chi connectivity index (χ0) is 23.6. The smallest absolute Gasteiger partial charge is 0.234 e. The van der Waals surface area contributed by atoms with Crippen molar-refractivity contribution < 1.29 is 17.7 Å². The minimum Gasteiger partial charge on any atom is -0.490 e. The fraction of sp³-hybridized carbons (Fsp3) is 0.458. The molecule has 0 radical (unpaired) electrons. The van der Waals surface area contributed by atoms with Gasteiger partial charge in [0.25, 0.3) is 0 Å². The summed E-state index contributed by atoms with van der Waals surface area (Å²) in [7, 11) is -3.00. The average Bonchev–Trinajstić information content (AvgIpc) is 3.40. The molecule has 0 saturated heterocycles. The van der Waals surface area contributed by atoms with Crippen LogP contribution in [0.1, 0.15) is 55.7 Å². The second-order valence-electron chi connectivity index (χ2n) is 8.77. The summed E-state index contributed by atoms with van der Waals surface area (Å²) in [5.41, 5.74) is 3.71. The maximum Gasteiger partial charge on any atom is 0.234 e. The molecule has 2 atom stereocenters. The van der Waals surface area contributed by atoms with Gasteiger partial charge in [-0.1, -0.05) is 29.4 Å². The predicted molar refractivity (Wildman–Crippen MR) is 124 cm³/mol. The van der Waals surface area contributed by atoms with E-state index >= 15 is 0 Å². The van der Waals surface area contributed by atoms with Gasteiger partial charge in [0.1, 0.15) is 21.7 Å². The van der Waals surface area contributed by atoms with Crippen LogP contribution in [0.5, 0.6) is 0 Å². The van der Waals surface area contributed by atoms with E-state index in [4.69, 9.17) is 9.26 Å². The predicted octanol–water partition coefficient (Wildman–Crippen LogP) is 3.60. The van der Waals surface area contributed by atoms with Crippen molar-refractivity contribution in [1.29, 1.82) is 5.26 Å². The zero-order valence-corrected chi connectivity index (χ0v) is 19.9. The summed E-state index contributed by atoms with van der Waals surface area (Å²) < 4.78 is 34.2. The van der Waals surface area contributed by atoms with Crippen molar-refractivity contribution >= 4 is 9.84 Å². The summed E-state index contributed by atoms with van der Waals surface area (Å²) in [6.45, 7) is 4.28. The number of rotatable bonds is 8. The van der Waals surface area contributed by atoms with Crippen LogP contribution in [0.2, 0.25) is 0 Å². The van der Waals surface area contributed by atoms with E-state index in [1.807, 2.05) is 38.1 Å². The van der Waals surface area contributed by atoms with Gasteiger partial charge < -0.3 is 14.6 Å². The number of sulfone groups is 1. The number of nitrogens with one attached hydrogen (secondary N) is 1. The highest BCUT2D eigenvalue weighted by molar-refractivity contribution is 7.90. The Balaban J connectivity index is 1.52. The van der Waals surface area contributed by atoms with Gasteiger partial charge in [-0.25, -0.2) is 8.42 Å². The Morgan fingerprint density at radius 3 is 2.91 bits per heavy atom. The molecule has 1 N–H and O–H groups in total. The van der Waals surface area contributed by atoms with Crippen LogP contribution in [0, 0.1) is 11.3 Å². The number of hydrogen-bond acceptors (Lipinski definition) is 8. The first-order valence-corrected chi connectivity index (χ1v) is 13.2. The van der Waals surface area contributed by atoms with E-state index in [0.717, 1.165) is 29.5 Å². The maximum absolute atomic E-state index is 11.4. The van der Waals surface area contributed by atoms with Gasteiger partial charge in [0, 0.05) is 24.4 Å². The molecule has 1 heterocycles.